The molecule has 4 rings (SSSR count). The van der Waals surface area contributed by atoms with Crippen LogP contribution >= 0.6 is 11.6 Å². The molecule has 0 bridgehead atoms. The summed E-state index contributed by atoms with van der Waals surface area (Å²) in [5, 5.41) is 3.81. The third-order valence-corrected chi connectivity index (χ3v) is 5.40. The number of nitrogens with one attached hydrogen (secondary N) is 1. The van der Waals surface area contributed by atoms with Gasteiger partial charge in [-0.2, -0.15) is 0 Å². The van der Waals surface area contributed by atoms with Gasteiger partial charge in [0.05, 0.1) is 12.1 Å². The number of urea groups is 1. The molecule has 1 fully saturated rings. The number of carbonyl (C=O) groups excluding carboxylic acids is 2. The molecule has 1 unspecified atom stereocenters. The molecule has 1 saturated heterocycles. The summed E-state index contributed by atoms with van der Waals surface area (Å²) < 4.78 is 41.0. The number of ether oxygens (including phenoxy) is 1. The van der Waals surface area contributed by atoms with Gasteiger partial charge >= 0.3 is 12.4 Å². The first kappa shape index (κ1) is 20.9. The van der Waals surface area contributed by atoms with Gasteiger partial charge in [-0.15, -0.1) is 13.2 Å². The number of aromatic nitrogens is 1. The molecule has 0 radical (unpaired) electrons. The quantitative estimate of drug-likeness (QED) is 0.583. The number of pyridine rings is 1. The van der Waals surface area contributed by atoms with Crippen molar-refractivity contribution >= 4 is 34.4 Å². The molecule has 1 aromatic heterocycles. The molecule has 2 heterocycles. The van der Waals surface area contributed by atoms with E-state index in [1.165, 1.54) is 19.1 Å². The van der Waals surface area contributed by atoms with Crippen molar-refractivity contribution in [2.24, 2.45) is 0 Å². The topological polar surface area (TPSA) is 71.5 Å². The van der Waals surface area contributed by atoms with Crippen LogP contribution in [0.15, 0.2) is 54.7 Å². The molecule has 160 valence electrons. The molecule has 1 N–H and O–H groups in total. The highest BCUT2D eigenvalue weighted by Gasteiger charge is 2.49. The molecule has 31 heavy (non-hydrogen) atoms. The average molecular weight is 450 g/mol. The van der Waals surface area contributed by atoms with Crippen molar-refractivity contribution < 1.29 is 27.5 Å². The van der Waals surface area contributed by atoms with Crippen LogP contribution in [0.2, 0.25) is 5.02 Å². The van der Waals surface area contributed by atoms with Gasteiger partial charge in [-0.05, 0) is 48.4 Å². The van der Waals surface area contributed by atoms with E-state index in [9.17, 15) is 22.8 Å². The third kappa shape index (κ3) is 3.88. The summed E-state index contributed by atoms with van der Waals surface area (Å²) in [6.45, 7) is 1.45. The normalized spacial score (nSPS) is 19.1. The molecule has 1 aliphatic rings. The number of nitrogens with zero attached hydrogens (tertiary/aromatic N) is 2. The van der Waals surface area contributed by atoms with Crippen molar-refractivity contribution in [3.05, 3.63) is 70.9 Å². The van der Waals surface area contributed by atoms with Crippen LogP contribution in [0.5, 0.6) is 5.75 Å². The van der Waals surface area contributed by atoms with Gasteiger partial charge in [0.2, 0.25) is 0 Å². The van der Waals surface area contributed by atoms with Crippen molar-refractivity contribution in [2.45, 2.75) is 25.4 Å². The Balaban J connectivity index is 1.61. The fraction of sp³-hybridized carbons (Fsp3) is 0.190. The zero-order valence-electron chi connectivity index (χ0n) is 16.0. The van der Waals surface area contributed by atoms with E-state index in [0.29, 0.717) is 27.1 Å². The van der Waals surface area contributed by atoms with Gasteiger partial charge in [-0.25, -0.2) is 4.79 Å². The zero-order valence-corrected chi connectivity index (χ0v) is 16.8. The number of hydrogen-bond acceptors (Lipinski definition) is 4. The number of hydrogen-bond donors (Lipinski definition) is 1. The third-order valence-electron chi connectivity index (χ3n) is 5.07. The molecule has 1 aliphatic heterocycles. The van der Waals surface area contributed by atoms with Crippen LogP contribution < -0.4 is 10.1 Å². The molecule has 10 heteroatoms. The van der Waals surface area contributed by atoms with Crippen LogP contribution in [-0.2, 0) is 16.9 Å². The van der Waals surface area contributed by atoms with Crippen LogP contribution in [-0.4, -0.2) is 28.2 Å². The number of rotatable bonds is 4. The first-order valence-electron chi connectivity index (χ1n) is 9.11. The van der Waals surface area contributed by atoms with Crippen molar-refractivity contribution in [3.63, 3.8) is 0 Å². The number of fused-ring (bicyclic) bond motifs is 1. The van der Waals surface area contributed by atoms with E-state index in [1.807, 2.05) is 0 Å². The number of alkyl halides is 3. The highest BCUT2D eigenvalue weighted by Crippen LogP contribution is 2.33. The summed E-state index contributed by atoms with van der Waals surface area (Å²) in [5.74, 6) is -0.965. The van der Waals surface area contributed by atoms with Gasteiger partial charge in [0.25, 0.3) is 5.91 Å². The fourth-order valence-corrected chi connectivity index (χ4v) is 3.74. The molecule has 0 saturated carbocycles. The SMILES string of the molecule is CC1(c2ccc(OC(F)(F)F)cc2)NC(=O)N(Cc2ccc(Cl)c3cccnc23)C1=O. The summed E-state index contributed by atoms with van der Waals surface area (Å²) >= 11 is 6.20. The Morgan fingerprint density at radius 3 is 2.52 bits per heavy atom. The average Bonchev–Trinajstić information content (AvgIpc) is 2.93. The van der Waals surface area contributed by atoms with Gasteiger partial charge in [-0.3, -0.25) is 14.7 Å². The molecule has 3 amide bonds. The number of imide groups is 1. The van der Waals surface area contributed by atoms with E-state index in [1.54, 1.807) is 30.5 Å². The monoisotopic (exact) mass is 449 g/mol. The first-order chi connectivity index (χ1) is 14.6. The van der Waals surface area contributed by atoms with Crippen molar-refractivity contribution in [2.75, 3.05) is 0 Å². The molecule has 3 aromatic rings. The van der Waals surface area contributed by atoms with Gasteiger partial charge < -0.3 is 10.1 Å². The maximum atomic E-state index is 13.1. The molecule has 6 nitrogen and oxygen atoms in total. The molecule has 0 spiro atoms. The van der Waals surface area contributed by atoms with Gasteiger partial charge in [0, 0.05) is 16.6 Å². The predicted molar refractivity (Wildman–Crippen MR) is 106 cm³/mol. The Morgan fingerprint density at radius 2 is 1.84 bits per heavy atom. The lowest BCUT2D eigenvalue weighted by atomic mass is 9.92. The number of benzene rings is 2. The van der Waals surface area contributed by atoms with E-state index in [2.05, 4.69) is 15.0 Å². The number of halogens is 4. The summed E-state index contributed by atoms with van der Waals surface area (Å²) in [6, 6.07) is 11.0. The summed E-state index contributed by atoms with van der Waals surface area (Å²) in [5.41, 5.74) is 0.0743. The van der Waals surface area contributed by atoms with E-state index in [4.69, 9.17) is 11.6 Å². The largest absolute Gasteiger partial charge is 0.573 e. The van der Waals surface area contributed by atoms with Crippen molar-refractivity contribution in [1.82, 2.24) is 15.2 Å². The lowest BCUT2D eigenvalue weighted by Gasteiger charge is -2.23. The predicted octanol–water partition coefficient (Wildman–Crippen LogP) is 4.75. The fourth-order valence-electron chi connectivity index (χ4n) is 3.52. The Labute approximate surface area is 179 Å². The minimum atomic E-state index is -4.82. The molecular weight excluding hydrogens is 435 g/mol. The minimum absolute atomic E-state index is 0.0415. The summed E-state index contributed by atoms with van der Waals surface area (Å²) in [4.78, 5) is 31.1. The van der Waals surface area contributed by atoms with Crippen LogP contribution in [0, 0.1) is 0 Å². The van der Waals surface area contributed by atoms with Gasteiger partial charge in [-0.1, -0.05) is 29.8 Å². The number of carbonyl (C=O) groups is 2. The molecule has 0 aliphatic carbocycles. The lowest BCUT2D eigenvalue weighted by Crippen LogP contribution is -2.40. The van der Waals surface area contributed by atoms with Crippen molar-refractivity contribution in [1.29, 1.82) is 0 Å². The highest BCUT2D eigenvalue weighted by molar-refractivity contribution is 6.35. The van der Waals surface area contributed by atoms with Crippen molar-refractivity contribution in [3.8, 4) is 5.75 Å². The summed E-state index contributed by atoms with van der Waals surface area (Å²) in [6.07, 6.45) is -3.24. The lowest BCUT2D eigenvalue weighted by molar-refractivity contribution is -0.274. The number of amides is 3. The highest BCUT2D eigenvalue weighted by atomic mass is 35.5. The van der Waals surface area contributed by atoms with Crippen LogP contribution in [0.3, 0.4) is 0 Å². The zero-order chi connectivity index (χ0) is 22.4. The molecular formula is C21H15ClF3N3O3. The van der Waals surface area contributed by atoms with E-state index in [0.717, 1.165) is 17.0 Å². The smallest absolute Gasteiger partial charge is 0.406 e. The van der Waals surface area contributed by atoms with Gasteiger partial charge in [0.15, 0.2) is 0 Å². The Bertz CT molecular complexity index is 1180. The van der Waals surface area contributed by atoms with E-state index >= 15 is 0 Å². The first-order valence-corrected chi connectivity index (χ1v) is 9.49. The standard InChI is InChI=1S/C21H15ClF3N3O3/c1-20(13-5-7-14(8-6-13)31-21(23,24)25)18(29)28(19(30)27-20)11-12-4-9-16(22)15-3-2-10-26-17(12)15/h2-10H,11H2,1H3,(H,27,30). The summed E-state index contributed by atoms with van der Waals surface area (Å²) in [7, 11) is 0. The Hall–Kier alpha value is -3.33. The van der Waals surface area contributed by atoms with Crippen LogP contribution in [0.4, 0.5) is 18.0 Å². The second-order valence-electron chi connectivity index (χ2n) is 7.12. The minimum Gasteiger partial charge on any atom is -0.406 e. The van der Waals surface area contributed by atoms with Gasteiger partial charge in [0.1, 0.15) is 11.3 Å². The Kier molecular flexibility index (Phi) is 5.01. The Morgan fingerprint density at radius 1 is 1.13 bits per heavy atom. The van der Waals surface area contributed by atoms with Crippen LogP contribution in [0.25, 0.3) is 10.9 Å². The maximum Gasteiger partial charge on any atom is 0.573 e. The molecule has 1 atom stereocenters. The van der Waals surface area contributed by atoms with Crippen LogP contribution in [0.1, 0.15) is 18.1 Å². The second-order valence-corrected chi connectivity index (χ2v) is 7.53. The second kappa shape index (κ2) is 7.42. The van der Waals surface area contributed by atoms with E-state index < -0.39 is 29.6 Å². The molecule has 2 aromatic carbocycles. The maximum absolute atomic E-state index is 13.1. The van der Waals surface area contributed by atoms with E-state index in [-0.39, 0.29) is 6.54 Å².